The molecule has 0 unspecified atom stereocenters. The van der Waals surface area contributed by atoms with Crippen molar-refractivity contribution in [3.63, 3.8) is 0 Å². The molecule has 0 bridgehead atoms. The van der Waals surface area contributed by atoms with Crippen LogP contribution < -0.4 is 0 Å². The third-order valence-corrected chi connectivity index (χ3v) is 8.49. The van der Waals surface area contributed by atoms with Crippen molar-refractivity contribution < 1.29 is 26.4 Å². The average Bonchev–Trinajstić information content (AvgIpc) is 3.22. The van der Waals surface area contributed by atoms with Crippen molar-refractivity contribution in [2.24, 2.45) is 5.92 Å². The molecule has 1 amide bonds. The molecule has 0 aromatic heterocycles. The normalized spacial score (nSPS) is 20.2. The van der Waals surface area contributed by atoms with E-state index in [1.165, 1.54) is 17.7 Å². The van der Waals surface area contributed by atoms with Gasteiger partial charge in [0.15, 0.2) is 0 Å². The van der Waals surface area contributed by atoms with Gasteiger partial charge in [-0.15, -0.1) is 0 Å². The Labute approximate surface area is 185 Å². The molecule has 172 valence electrons. The minimum Gasteiger partial charge on any atom is -0.338 e. The number of hydrogen-bond donors (Lipinski definition) is 0. The highest BCUT2D eigenvalue weighted by Gasteiger charge is 2.41. The van der Waals surface area contributed by atoms with Crippen molar-refractivity contribution in [3.8, 4) is 0 Å². The van der Waals surface area contributed by atoms with Crippen LogP contribution in [0.25, 0.3) is 0 Å². The standard InChI is InChI=1S/C23H25F3N2O3S/c1-27(20-11-10-16-6-2-3-7-18(16)20)22(29)17-12-14-28(15-13-17)32(30,31)21-9-5-4-8-19(21)23(24,25)26/h2-9,17,20H,10-15H2,1H3/t20-/m0/s1. The molecule has 1 saturated heterocycles. The number of aryl methyl sites for hydroxylation is 1. The first kappa shape index (κ1) is 22.8. The van der Waals surface area contributed by atoms with Gasteiger partial charge < -0.3 is 4.90 Å². The first-order valence-electron chi connectivity index (χ1n) is 10.6. The van der Waals surface area contributed by atoms with Gasteiger partial charge >= 0.3 is 6.18 Å². The molecule has 9 heteroatoms. The lowest BCUT2D eigenvalue weighted by atomic mass is 9.95. The second kappa shape index (κ2) is 8.51. The lowest BCUT2D eigenvalue weighted by molar-refractivity contribution is -0.140. The summed E-state index contributed by atoms with van der Waals surface area (Å²) in [5.41, 5.74) is 1.21. The lowest BCUT2D eigenvalue weighted by Gasteiger charge is -2.35. The number of benzene rings is 2. The van der Waals surface area contributed by atoms with Gasteiger partial charge in [0.2, 0.25) is 15.9 Å². The number of fused-ring (bicyclic) bond motifs is 1. The van der Waals surface area contributed by atoms with Crippen LogP contribution in [-0.4, -0.2) is 43.7 Å². The fraction of sp³-hybridized carbons (Fsp3) is 0.435. The van der Waals surface area contributed by atoms with Crippen LogP contribution in [0.3, 0.4) is 0 Å². The predicted octanol–water partition coefficient (Wildman–Crippen LogP) is 4.25. The molecule has 5 nitrogen and oxygen atoms in total. The molecule has 1 aliphatic heterocycles. The van der Waals surface area contributed by atoms with E-state index in [4.69, 9.17) is 0 Å². The monoisotopic (exact) mass is 466 g/mol. The number of piperidine rings is 1. The van der Waals surface area contributed by atoms with Crippen LogP contribution in [0.2, 0.25) is 0 Å². The van der Waals surface area contributed by atoms with Gasteiger partial charge in [0.25, 0.3) is 0 Å². The fourth-order valence-corrected chi connectivity index (χ4v) is 6.47. The summed E-state index contributed by atoms with van der Waals surface area (Å²) in [6.45, 7) is 0.0278. The highest BCUT2D eigenvalue weighted by molar-refractivity contribution is 7.89. The molecule has 2 aromatic rings. The molecule has 0 N–H and O–H groups in total. The number of alkyl halides is 3. The lowest BCUT2D eigenvalue weighted by Crippen LogP contribution is -2.44. The van der Waals surface area contributed by atoms with E-state index in [1.54, 1.807) is 11.9 Å². The van der Waals surface area contributed by atoms with E-state index in [-0.39, 0.29) is 43.8 Å². The van der Waals surface area contributed by atoms with E-state index < -0.39 is 26.7 Å². The van der Waals surface area contributed by atoms with Gasteiger partial charge in [-0.05, 0) is 48.9 Å². The number of halogens is 3. The molecule has 1 fully saturated rings. The Balaban J connectivity index is 1.45. The second-order valence-corrected chi connectivity index (χ2v) is 10.3. The first-order valence-corrected chi connectivity index (χ1v) is 12.1. The second-order valence-electron chi connectivity index (χ2n) is 8.37. The number of hydrogen-bond acceptors (Lipinski definition) is 3. The summed E-state index contributed by atoms with van der Waals surface area (Å²) < 4.78 is 66.9. The maximum atomic E-state index is 13.3. The maximum Gasteiger partial charge on any atom is 0.417 e. The van der Waals surface area contributed by atoms with E-state index in [1.807, 2.05) is 18.2 Å². The molecule has 2 aromatic carbocycles. The van der Waals surface area contributed by atoms with E-state index in [2.05, 4.69) is 6.07 Å². The summed E-state index contributed by atoms with van der Waals surface area (Å²) in [6, 6.07) is 12.3. The molecular formula is C23H25F3N2O3S. The third-order valence-electron chi connectivity index (χ3n) is 6.53. The van der Waals surface area contributed by atoms with Crippen LogP contribution in [0, 0.1) is 5.92 Å². The summed E-state index contributed by atoms with van der Waals surface area (Å²) in [7, 11) is -2.54. The average molecular weight is 467 g/mol. The van der Waals surface area contributed by atoms with Crippen LogP contribution in [0.5, 0.6) is 0 Å². The zero-order chi connectivity index (χ0) is 23.1. The van der Waals surface area contributed by atoms with Crippen molar-refractivity contribution in [1.82, 2.24) is 9.21 Å². The smallest absolute Gasteiger partial charge is 0.338 e. The molecule has 1 aliphatic carbocycles. The van der Waals surface area contributed by atoms with Crippen molar-refractivity contribution in [2.75, 3.05) is 20.1 Å². The van der Waals surface area contributed by atoms with Crippen LogP contribution in [0.15, 0.2) is 53.4 Å². The molecule has 32 heavy (non-hydrogen) atoms. The van der Waals surface area contributed by atoms with Gasteiger partial charge in [0.1, 0.15) is 0 Å². The summed E-state index contributed by atoms with van der Waals surface area (Å²) >= 11 is 0. The van der Waals surface area contributed by atoms with E-state index >= 15 is 0 Å². The Morgan fingerprint density at radius 1 is 1.00 bits per heavy atom. The minimum atomic E-state index is -4.77. The molecule has 1 atom stereocenters. The Kier molecular flexibility index (Phi) is 6.06. The summed E-state index contributed by atoms with van der Waals surface area (Å²) in [6.07, 6.45) is -2.44. The number of carbonyl (C=O) groups excluding carboxylic acids is 1. The van der Waals surface area contributed by atoms with E-state index in [0.29, 0.717) is 0 Å². The van der Waals surface area contributed by atoms with Crippen LogP contribution in [0.1, 0.15) is 42.0 Å². The quantitative estimate of drug-likeness (QED) is 0.677. The number of sulfonamides is 1. The van der Waals surface area contributed by atoms with Gasteiger partial charge in [0, 0.05) is 26.1 Å². The van der Waals surface area contributed by atoms with Crippen molar-refractivity contribution >= 4 is 15.9 Å². The molecule has 0 radical (unpaired) electrons. The SMILES string of the molecule is CN(C(=O)C1CCN(S(=O)(=O)c2ccccc2C(F)(F)F)CC1)[C@H]1CCc2ccccc21. The molecule has 0 saturated carbocycles. The van der Waals surface area contributed by atoms with Crippen LogP contribution in [0.4, 0.5) is 13.2 Å². The van der Waals surface area contributed by atoms with E-state index in [0.717, 1.165) is 34.8 Å². The molecule has 2 aliphatic rings. The van der Waals surface area contributed by atoms with Crippen molar-refractivity contribution in [1.29, 1.82) is 0 Å². The zero-order valence-corrected chi connectivity index (χ0v) is 18.5. The van der Waals surface area contributed by atoms with E-state index in [9.17, 15) is 26.4 Å². The van der Waals surface area contributed by atoms with Crippen LogP contribution in [-0.2, 0) is 27.4 Å². The minimum absolute atomic E-state index is 0.000810. The Hall–Kier alpha value is -2.39. The summed E-state index contributed by atoms with van der Waals surface area (Å²) in [5.74, 6) is -0.392. The summed E-state index contributed by atoms with van der Waals surface area (Å²) in [4.78, 5) is 14.1. The topological polar surface area (TPSA) is 57.7 Å². The number of carbonyl (C=O) groups is 1. The summed E-state index contributed by atoms with van der Waals surface area (Å²) in [5, 5.41) is 0. The van der Waals surface area contributed by atoms with Gasteiger partial charge in [-0.1, -0.05) is 36.4 Å². The van der Waals surface area contributed by atoms with Crippen LogP contribution >= 0.6 is 0 Å². The highest BCUT2D eigenvalue weighted by atomic mass is 32.2. The molecule has 4 rings (SSSR count). The zero-order valence-electron chi connectivity index (χ0n) is 17.7. The maximum absolute atomic E-state index is 13.3. The van der Waals surface area contributed by atoms with Gasteiger partial charge in [-0.25, -0.2) is 8.42 Å². The number of amides is 1. The largest absolute Gasteiger partial charge is 0.417 e. The Morgan fingerprint density at radius 3 is 2.31 bits per heavy atom. The first-order chi connectivity index (χ1) is 15.1. The number of rotatable bonds is 4. The van der Waals surface area contributed by atoms with Gasteiger partial charge in [-0.3, -0.25) is 4.79 Å². The van der Waals surface area contributed by atoms with Crippen molar-refractivity contribution in [3.05, 3.63) is 65.2 Å². The van der Waals surface area contributed by atoms with Crippen molar-refractivity contribution in [2.45, 2.75) is 42.8 Å². The predicted molar refractivity (Wildman–Crippen MR) is 113 cm³/mol. The van der Waals surface area contributed by atoms with Gasteiger partial charge in [0.05, 0.1) is 16.5 Å². The molecular weight excluding hydrogens is 441 g/mol. The molecule has 1 heterocycles. The third kappa shape index (κ3) is 4.15. The number of nitrogens with zero attached hydrogens (tertiary/aromatic N) is 2. The molecule has 0 spiro atoms. The highest BCUT2D eigenvalue weighted by Crippen LogP contribution is 2.38. The Morgan fingerprint density at radius 2 is 1.62 bits per heavy atom. The fourth-order valence-electron chi connectivity index (χ4n) is 4.79. The van der Waals surface area contributed by atoms with Gasteiger partial charge in [-0.2, -0.15) is 17.5 Å². The Bertz CT molecular complexity index is 1110.